The van der Waals surface area contributed by atoms with Crippen LogP contribution in [0.1, 0.15) is 30.4 Å². The average molecular weight is 288 g/mol. The SMILES string of the molecule is O=C1CCC(N2CCc3ccc([N+](=O)[O-])cc3C2)C(=O)C1. The zero-order chi connectivity index (χ0) is 15.0. The molecule has 0 aromatic heterocycles. The van der Waals surface area contributed by atoms with E-state index in [1.165, 1.54) is 6.07 Å². The van der Waals surface area contributed by atoms with Gasteiger partial charge in [0.1, 0.15) is 5.78 Å². The van der Waals surface area contributed by atoms with Crippen molar-refractivity contribution in [2.24, 2.45) is 0 Å². The molecular formula is C15H16N2O4. The summed E-state index contributed by atoms with van der Waals surface area (Å²) in [7, 11) is 0. The Kier molecular flexibility index (Phi) is 3.55. The van der Waals surface area contributed by atoms with Crippen LogP contribution in [0, 0.1) is 10.1 Å². The van der Waals surface area contributed by atoms with E-state index in [1.807, 2.05) is 0 Å². The number of ketones is 2. The molecule has 6 heteroatoms. The van der Waals surface area contributed by atoms with Crippen LogP contribution in [0.4, 0.5) is 5.69 Å². The van der Waals surface area contributed by atoms with Crippen molar-refractivity contribution in [3.63, 3.8) is 0 Å². The van der Waals surface area contributed by atoms with Crippen LogP contribution >= 0.6 is 0 Å². The molecule has 0 N–H and O–H groups in total. The van der Waals surface area contributed by atoms with Crippen molar-refractivity contribution in [2.45, 2.75) is 38.3 Å². The van der Waals surface area contributed by atoms with Gasteiger partial charge in [0.15, 0.2) is 5.78 Å². The van der Waals surface area contributed by atoms with Crippen LogP contribution in [0.2, 0.25) is 0 Å². The van der Waals surface area contributed by atoms with Gasteiger partial charge in [-0.05, 0) is 24.0 Å². The number of nitro groups is 1. The second kappa shape index (κ2) is 5.37. The molecule has 1 heterocycles. The highest BCUT2D eigenvalue weighted by molar-refractivity contribution is 6.03. The van der Waals surface area contributed by atoms with Gasteiger partial charge in [-0.1, -0.05) is 6.07 Å². The number of rotatable bonds is 2. The van der Waals surface area contributed by atoms with Crippen molar-refractivity contribution in [1.29, 1.82) is 0 Å². The summed E-state index contributed by atoms with van der Waals surface area (Å²) in [5.41, 5.74) is 2.11. The third-order valence-electron chi connectivity index (χ3n) is 4.32. The fourth-order valence-corrected chi connectivity index (χ4v) is 3.19. The number of nitrogens with zero attached hydrogens (tertiary/aromatic N) is 2. The molecule has 1 aliphatic carbocycles. The molecule has 1 aromatic carbocycles. The summed E-state index contributed by atoms with van der Waals surface area (Å²) in [6.07, 6.45) is 1.84. The number of nitro benzene ring substituents is 1. The third kappa shape index (κ3) is 2.71. The largest absolute Gasteiger partial charge is 0.299 e. The normalized spacial score (nSPS) is 23.0. The van der Waals surface area contributed by atoms with E-state index >= 15 is 0 Å². The molecule has 0 saturated heterocycles. The summed E-state index contributed by atoms with van der Waals surface area (Å²) >= 11 is 0. The maximum Gasteiger partial charge on any atom is 0.269 e. The predicted octanol–water partition coefficient (Wildman–Crippen LogP) is 1.64. The minimum absolute atomic E-state index is 0.0138. The number of carbonyl (C=O) groups is 2. The summed E-state index contributed by atoms with van der Waals surface area (Å²) in [4.78, 5) is 35.8. The Morgan fingerprint density at radius 3 is 2.71 bits per heavy atom. The smallest absolute Gasteiger partial charge is 0.269 e. The lowest BCUT2D eigenvalue weighted by Crippen LogP contribution is -2.46. The fourth-order valence-electron chi connectivity index (χ4n) is 3.19. The number of carbonyl (C=O) groups excluding carboxylic acids is 2. The van der Waals surface area contributed by atoms with Gasteiger partial charge in [-0.25, -0.2) is 0 Å². The topological polar surface area (TPSA) is 80.5 Å². The zero-order valence-corrected chi connectivity index (χ0v) is 11.6. The summed E-state index contributed by atoms with van der Waals surface area (Å²) in [6, 6.07) is 4.71. The molecular weight excluding hydrogens is 272 g/mol. The van der Waals surface area contributed by atoms with Crippen molar-refractivity contribution in [3.8, 4) is 0 Å². The van der Waals surface area contributed by atoms with E-state index in [-0.39, 0.29) is 29.7 Å². The monoisotopic (exact) mass is 288 g/mol. The van der Waals surface area contributed by atoms with Crippen LogP contribution < -0.4 is 0 Å². The maximum atomic E-state index is 12.0. The molecule has 0 spiro atoms. The van der Waals surface area contributed by atoms with E-state index in [1.54, 1.807) is 12.1 Å². The van der Waals surface area contributed by atoms with E-state index in [0.29, 0.717) is 19.4 Å². The van der Waals surface area contributed by atoms with E-state index in [0.717, 1.165) is 24.1 Å². The first-order valence-electron chi connectivity index (χ1n) is 7.09. The molecule has 110 valence electrons. The van der Waals surface area contributed by atoms with Crippen LogP contribution in [0.25, 0.3) is 0 Å². The van der Waals surface area contributed by atoms with Crippen molar-refractivity contribution in [1.82, 2.24) is 4.90 Å². The summed E-state index contributed by atoms with van der Waals surface area (Å²) in [5, 5.41) is 10.9. The second-order valence-corrected chi connectivity index (χ2v) is 5.67. The Balaban J connectivity index is 1.80. The van der Waals surface area contributed by atoms with E-state index < -0.39 is 4.92 Å². The first kappa shape index (κ1) is 13.9. The Bertz CT molecular complexity index is 626. The number of hydrogen-bond acceptors (Lipinski definition) is 5. The second-order valence-electron chi connectivity index (χ2n) is 5.67. The molecule has 1 aliphatic heterocycles. The Morgan fingerprint density at radius 1 is 1.19 bits per heavy atom. The number of benzene rings is 1. The van der Waals surface area contributed by atoms with Crippen molar-refractivity contribution in [2.75, 3.05) is 6.54 Å². The summed E-state index contributed by atoms with van der Waals surface area (Å²) in [6.45, 7) is 1.30. The Hall–Kier alpha value is -2.08. The van der Waals surface area contributed by atoms with Crippen LogP contribution in [0.3, 0.4) is 0 Å². The quantitative estimate of drug-likeness (QED) is 0.469. The predicted molar refractivity (Wildman–Crippen MR) is 74.9 cm³/mol. The van der Waals surface area contributed by atoms with E-state index in [4.69, 9.17) is 0 Å². The minimum Gasteiger partial charge on any atom is -0.299 e. The van der Waals surface area contributed by atoms with Gasteiger partial charge in [0.2, 0.25) is 0 Å². The van der Waals surface area contributed by atoms with Crippen LogP contribution in [-0.4, -0.2) is 34.0 Å². The van der Waals surface area contributed by atoms with Gasteiger partial charge >= 0.3 is 0 Å². The van der Waals surface area contributed by atoms with Crippen molar-refractivity contribution < 1.29 is 14.5 Å². The highest BCUT2D eigenvalue weighted by Gasteiger charge is 2.33. The van der Waals surface area contributed by atoms with Gasteiger partial charge < -0.3 is 0 Å². The molecule has 0 amide bonds. The fraction of sp³-hybridized carbons (Fsp3) is 0.467. The number of hydrogen-bond donors (Lipinski definition) is 0. The minimum atomic E-state index is -0.399. The summed E-state index contributed by atoms with van der Waals surface area (Å²) < 4.78 is 0. The van der Waals surface area contributed by atoms with Crippen LogP contribution in [0.15, 0.2) is 18.2 Å². The molecule has 2 aliphatic rings. The van der Waals surface area contributed by atoms with Crippen LogP contribution in [-0.2, 0) is 22.6 Å². The zero-order valence-electron chi connectivity index (χ0n) is 11.6. The van der Waals surface area contributed by atoms with Gasteiger partial charge in [-0.15, -0.1) is 0 Å². The number of Topliss-reactive ketones (excluding diaryl/α,β-unsaturated/α-hetero) is 2. The first-order valence-corrected chi connectivity index (χ1v) is 7.09. The standard InChI is InChI=1S/C15H16N2O4/c18-13-3-4-14(15(19)8-13)16-6-5-10-1-2-12(17(20)21)7-11(10)9-16/h1-2,7,14H,3-6,8-9H2. The van der Waals surface area contributed by atoms with Gasteiger partial charge in [0, 0.05) is 31.6 Å². The van der Waals surface area contributed by atoms with Gasteiger partial charge in [-0.2, -0.15) is 0 Å². The van der Waals surface area contributed by atoms with Crippen LogP contribution in [0.5, 0.6) is 0 Å². The van der Waals surface area contributed by atoms with Gasteiger partial charge in [0.25, 0.3) is 5.69 Å². The van der Waals surface area contributed by atoms with Gasteiger partial charge in [-0.3, -0.25) is 24.6 Å². The maximum absolute atomic E-state index is 12.0. The number of non-ortho nitro benzene ring substituents is 1. The molecule has 1 unspecified atom stereocenters. The van der Waals surface area contributed by atoms with E-state index in [9.17, 15) is 19.7 Å². The molecule has 1 fully saturated rings. The Morgan fingerprint density at radius 2 is 2.00 bits per heavy atom. The average Bonchev–Trinajstić information content (AvgIpc) is 2.46. The molecule has 21 heavy (non-hydrogen) atoms. The molecule has 3 rings (SSSR count). The summed E-state index contributed by atoms with van der Waals surface area (Å²) in [5.74, 6) is 0.00410. The first-order chi connectivity index (χ1) is 10.0. The highest BCUT2D eigenvalue weighted by atomic mass is 16.6. The molecule has 1 atom stereocenters. The van der Waals surface area contributed by atoms with Crippen molar-refractivity contribution >= 4 is 17.3 Å². The highest BCUT2D eigenvalue weighted by Crippen LogP contribution is 2.27. The Labute approximate surface area is 121 Å². The lowest BCUT2D eigenvalue weighted by molar-refractivity contribution is -0.385. The van der Waals surface area contributed by atoms with E-state index in [2.05, 4.69) is 4.90 Å². The molecule has 0 radical (unpaired) electrons. The third-order valence-corrected chi connectivity index (χ3v) is 4.32. The molecule has 1 saturated carbocycles. The number of fused-ring (bicyclic) bond motifs is 1. The molecule has 0 bridgehead atoms. The molecule has 1 aromatic rings. The molecule has 6 nitrogen and oxygen atoms in total. The van der Waals surface area contributed by atoms with Crippen molar-refractivity contribution in [3.05, 3.63) is 39.4 Å². The lowest BCUT2D eigenvalue weighted by atomic mass is 9.89. The van der Waals surface area contributed by atoms with Gasteiger partial charge in [0.05, 0.1) is 17.4 Å². The lowest BCUT2D eigenvalue weighted by Gasteiger charge is -2.36.